The number of aromatic nitrogens is 3. The van der Waals surface area contributed by atoms with E-state index in [0.717, 1.165) is 42.7 Å². The van der Waals surface area contributed by atoms with Gasteiger partial charge in [-0.25, -0.2) is 4.68 Å². The van der Waals surface area contributed by atoms with Gasteiger partial charge < -0.3 is 5.32 Å². The normalized spacial score (nSPS) is 18.5. The van der Waals surface area contributed by atoms with Crippen molar-refractivity contribution in [3.8, 4) is 0 Å². The van der Waals surface area contributed by atoms with Crippen LogP contribution < -0.4 is 5.32 Å². The highest BCUT2D eigenvalue weighted by atomic mass is 32.2. The Bertz CT molecular complexity index is 951. The van der Waals surface area contributed by atoms with E-state index in [1.165, 1.54) is 12.1 Å². The highest BCUT2D eigenvalue weighted by Gasteiger charge is 2.36. The molecule has 1 atom stereocenters. The lowest BCUT2D eigenvalue weighted by molar-refractivity contribution is -0.384. The number of hydrogen-bond donors (Lipinski definition) is 1. The van der Waals surface area contributed by atoms with E-state index in [9.17, 15) is 14.9 Å². The summed E-state index contributed by atoms with van der Waals surface area (Å²) >= 11 is 1.60. The van der Waals surface area contributed by atoms with Crippen molar-refractivity contribution in [3.63, 3.8) is 0 Å². The van der Waals surface area contributed by atoms with E-state index in [-0.39, 0.29) is 11.5 Å². The van der Waals surface area contributed by atoms with Crippen molar-refractivity contribution in [2.75, 3.05) is 11.1 Å². The van der Waals surface area contributed by atoms with Crippen LogP contribution in [-0.2, 0) is 4.79 Å². The zero-order chi connectivity index (χ0) is 19.7. The summed E-state index contributed by atoms with van der Waals surface area (Å²) < 4.78 is 1.75. The average Bonchev–Trinajstić information content (AvgIpc) is 3.09. The molecule has 28 heavy (non-hydrogen) atoms. The van der Waals surface area contributed by atoms with Crippen LogP contribution in [0, 0.1) is 10.1 Å². The summed E-state index contributed by atoms with van der Waals surface area (Å²) in [5.74, 6) is 1.66. The van der Waals surface area contributed by atoms with Gasteiger partial charge in [-0.15, -0.1) is 5.10 Å². The number of thioether (sulfide) groups is 1. The maximum atomic E-state index is 12.7. The van der Waals surface area contributed by atoms with Crippen molar-refractivity contribution >= 4 is 29.2 Å². The second-order valence-electron chi connectivity index (χ2n) is 6.91. The van der Waals surface area contributed by atoms with Gasteiger partial charge in [-0.05, 0) is 37.0 Å². The number of benzene rings is 1. The number of ketones is 1. The van der Waals surface area contributed by atoms with Crippen LogP contribution in [0.3, 0.4) is 0 Å². The van der Waals surface area contributed by atoms with Crippen LogP contribution >= 0.6 is 11.8 Å². The van der Waals surface area contributed by atoms with Gasteiger partial charge in [-0.1, -0.05) is 25.1 Å². The first-order valence-electron chi connectivity index (χ1n) is 9.45. The molecule has 146 valence electrons. The summed E-state index contributed by atoms with van der Waals surface area (Å²) in [5, 5.41) is 19.6. The Hall–Kier alpha value is -2.68. The van der Waals surface area contributed by atoms with Gasteiger partial charge >= 0.3 is 0 Å². The Morgan fingerprint density at radius 1 is 1.32 bits per heavy atom. The molecule has 0 amide bonds. The number of nitro benzene ring substituents is 1. The Morgan fingerprint density at radius 2 is 2.11 bits per heavy atom. The highest BCUT2D eigenvalue weighted by Crippen LogP contribution is 2.40. The SMILES string of the molecule is CCCCSc1nc2n(n1)[C@@H](c1ccc([N+](=O)[O-])cc1)C1=C(CCCC1=O)N2. The second kappa shape index (κ2) is 7.75. The quantitative estimate of drug-likeness (QED) is 0.337. The van der Waals surface area contributed by atoms with E-state index in [4.69, 9.17) is 0 Å². The highest BCUT2D eigenvalue weighted by molar-refractivity contribution is 7.99. The molecule has 4 rings (SSSR count). The first kappa shape index (κ1) is 18.7. The van der Waals surface area contributed by atoms with Crippen molar-refractivity contribution in [2.45, 2.75) is 50.2 Å². The Balaban J connectivity index is 1.75. The first-order valence-corrected chi connectivity index (χ1v) is 10.4. The van der Waals surface area contributed by atoms with Gasteiger partial charge in [0.15, 0.2) is 5.78 Å². The van der Waals surface area contributed by atoms with Gasteiger partial charge in [0.1, 0.15) is 6.04 Å². The topological polar surface area (TPSA) is 103 Å². The number of nitrogens with zero attached hydrogens (tertiary/aromatic N) is 4. The Kier molecular flexibility index (Phi) is 5.17. The molecule has 0 radical (unpaired) electrons. The Morgan fingerprint density at radius 3 is 2.82 bits per heavy atom. The molecule has 1 aliphatic carbocycles. The number of unbranched alkanes of at least 4 members (excludes halogenated alkanes) is 1. The lowest BCUT2D eigenvalue weighted by atomic mass is 9.85. The lowest BCUT2D eigenvalue weighted by Crippen LogP contribution is -2.31. The summed E-state index contributed by atoms with van der Waals surface area (Å²) in [6.07, 6.45) is 4.29. The molecule has 0 unspecified atom stereocenters. The molecule has 2 heterocycles. The number of allylic oxidation sites excluding steroid dienone is 2. The van der Waals surface area contributed by atoms with Crippen molar-refractivity contribution in [1.82, 2.24) is 14.8 Å². The number of fused-ring (bicyclic) bond motifs is 1. The average molecular weight is 399 g/mol. The third-order valence-electron chi connectivity index (χ3n) is 5.00. The summed E-state index contributed by atoms with van der Waals surface area (Å²) in [6, 6.07) is 5.94. The lowest BCUT2D eigenvalue weighted by Gasteiger charge is -2.32. The largest absolute Gasteiger partial charge is 0.328 e. The molecule has 1 aromatic heterocycles. The van der Waals surface area contributed by atoms with Crippen LogP contribution in [0.25, 0.3) is 0 Å². The van der Waals surface area contributed by atoms with E-state index < -0.39 is 11.0 Å². The number of nitrogens with one attached hydrogen (secondary N) is 1. The molecule has 2 aromatic rings. The van der Waals surface area contributed by atoms with E-state index in [1.807, 2.05) is 0 Å². The number of rotatable bonds is 6. The fraction of sp³-hybridized carbons (Fsp3) is 0.421. The molecule has 0 spiro atoms. The number of hydrogen-bond acceptors (Lipinski definition) is 7. The number of non-ortho nitro benzene ring substituents is 1. The number of carbonyl (C=O) groups is 1. The summed E-state index contributed by atoms with van der Waals surface area (Å²) in [5.41, 5.74) is 2.41. The fourth-order valence-corrected chi connectivity index (χ4v) is 4.50. The number of anilines is 1. The standard InChI is InChI=1S/C19H21N5O3S/c1-2-3-11-28-19-21-18-20-14-5-4-6-15(25)16(14)17(23(18)22-19)12-7-9-13(10-8-12)24(26)27/h7-10,17H,2-6,11H2,1H3,(H,20,21,22)/t17-/m0/s1. The molecule has 9 heteroatoms. The molecule has 0 fully saturated rings. The van der Waals surface area contributed by atoms with Crippen molar-refractivity contribution < 1.29 is 9.72 Å². The predicted molar refractivity (Wildman–Crippen MR) is 106 cm³/mol. The van der Waals surface area contributed by atoms with Gasteiger partial charge in [0.25, 0.3) is 5.69 Å². The van der Waals surface area contributed by atoms with Crippen LogP contribution in [0.15, 0.2) is 40.7 Å². The van der Waals surface area contributed by atoms with Crippen LogP contribution in [0.2, 0.25) is 0 Å². The summed E-state index contributed by atoms with van der Waals surface area (Å²) in [6.45, 7) is 2.14. The third kappa shape index (κ3) is 3.42. The molecule has 8 nitrogen and oxygen atoms in total. The Labute approximate surface area is 166 Å². The van der Waals surface area contributed by atoms with Gasteiger partial charge in [0.05, 0.1) is 4.92 Å². The van der Waals surface area contributed by atoms with Crippen molar-refractivity contribution in [2.24, 2.45) is 0 Å². The number of carbonyl (C=O) groups excluding carboxylic acids is 1. The number of nitro groups is 1. The van der Waals surface area contributed by atoms with Crippen molar-refractivity contribution in [3.05, 3.63) is 51.2 Å². The molecule has 0 bridgehead atoms. The van der Waals surface area contributed by atoms with E-state index in [1.54, 1.807) is 28.6 Å². The van der Waals surface area contributed by atoms with E-state index in [0.29, 0.717) is 23.1 Å². The molecular weight excluding hydrogens is 378 g/mol. The molecule has 0 saturated carbocycles. The van der Waals surface area contributed by atoms with Gasteiger partial charge in [-0.3, -0.25) is 14.9 Å². The molecule has 1 N–H and O–H groups in total. The minimum absolute atomic E-state index is 0.0245. The monoisotopic (exact) mass is 399 g/mol. The second-order valence-corrected chi connectivity index (χ2v) is 7.97. The summed E-state index contributed by atoms with van der Waals surface area (Å²) in [7, 11) is 0. The van der Waals surface area contributed by atoms with Crippen LogP contribution in [0.5, 0.6) is 0 Å². The summed E-state index contributed by atoms with van der Waals surface area (Å²) in [4.78, 5) is 27.9. The molecule has 1 aromatic carbocycles. The van der Waals surface area contributed by atoms with E-state index >= 15 is 0 Å². The van der Waals surface area contributed by atoms with Gasteiger partial charge in [0, 0.05) is 35.6 Å². The zero-order valence-corrected chi connectivity index (χ0v) is 16.4. The van der Waals surface area contributed by atoms with Crippen molar-refractivity contribution in [1.29, 1.82) is 0 Å². The minimum atomic E-state index is -0.425. The van der Waals surface area contributed by atoms with Gasteiger partial charge in [-0.2, -0.15) is 4.98 Å². The smallest absolute Gasteiger partial charge is 0.269 e. The molecule has 0 saturated heterocycles. The fourth-order valence-electron chi connectivity index (χ4n) is 3.59. The predicted octanol–water partition coefficient (Wildman–Crippen LogP) is 4.10. The van der Waals surface area contributed by atoms with Gasteiger partial charge in [0.2, 0.25) is 11.1 Å². The maximum absolute atomic E-state index is 12.7. The van der Waals surface area contributed by atoms with Crippen LogP contribution in [-0.4, -0.2) is 31.2 Å². The zero-order valence-electron chi connectivity index (χ0n) is 15.6. The first-order chi connectivity index (χ1) is 13.6. The molecule has 1 aliphatic heterocycles. The van der Waals surface area contributed by atoms with Crippen LogP contribution in [0.1, 0.15) is 50.6 Å². The minimum Gasteiger partial charge on any atom is -0.328 e. The third-order valence-corrected chi connectivity index (χ3v) is 5.92. The molecular formula is C19H21N5O3S. The molecule has 2 aliphatic rings. The number of Topliss-reactive ketones (excluding diaryl/α,β-unsaturated/α-hetero) is 1. The van der Waals surface area contributed by atoms with Crippen LogP contribution in [0.4, 0.5) is 11.6 Å². The maximum Gasteiger partial charge on any atom is 0.269 e. The van der Waals surface area contributed by atoms with E-state index in [2.05, 4.69) is 22.3 Å².